The van der Waals surface area contributed by atoms with E-state index in [-0.39, 0.29) is 0 Å². The normalized spacial score (nSPS) is 28.4. The van der Waals surface area contributed by atoms with Gasteiger partial charge in [-0.2, -0.15) is 0 Å². The summed E-state index contributed by atoms with van der Waals surface area (Å²) in [5, 5.41) is 3.84. The van der Waals surface area contributed by atoms with Crippen molar-refractivity contribution in [3.63, 3.8) is 0 Å². The Balaban J connectivity index is 1.63. The fourth-order valence-corrected chi connectivity index (χ4v) is 3.45. The van der Waals surface area contributed by atoms with E-state index in [1.54, 1.807) is 0 Å². The highest BCUT2D eigenvalue weighted by Gasteiger charge is 2.19. The summed E-state index contributed by atoms with van der Waals surface area (Å²) < 4.78 is 0. The molecule has 1 N–H and O–H groups in total. The van der Waals surface area contributed by atoms with E-state index in [0.717, 1.165) is 12.0 Å². The minimum atomic E-state index is 0.803. The van der Waals surface area contributed by atoms with Crippen LogP contribution in [0.2, 0.25) is 0 Å². The number of hydrogen-bond donors (Lipinski definition) is 1. The van der Waals surface area contributed by atoms with Crippen molar-refractivity contribution in [2.75, 3.05) is 26.2 Å². The van der Waals surface area contributed by atoms with Gasteiger partial charge in [0.1, 0.15) is 0 Å². The lowest BCUT2D eigenvalue weighted by atomic mass is 10.1. The Bertz CT molecular complexity index is 199. The summed E-state index contributed by atoms with van der Waals surface area (Å²) in [6.45, 7) is 7.53. The van der Waals surface area contributed by atoms with Gasteiger partial charge in [0, 0.05) is 6.04 Å². The molecule has 0 spiro atoms. The maximum atomic E-state index is 3.84. The molecule has 1 atom stereocenters. The van der Waals surface area contributed by atoms with Crippen molar-refractivity contribution >= 4 is 0 Å². The van der Waals surface area contributed by atoms with Crippen LogP contribution in [0.25, 0.3) is 0 Å². The summed E-state index contributed by atoms with van der Waals surface area (Å²) in [4.78, 5) is 2.65. The lowest BCUT2D eigenvalue weighted by Gasteiger charge is -2.20. The predicted octanol–water partition coefficient (Wildman–Crippen LogP) is 3.03. The van der Waals surface area contributed by atoms with Crippen molar-refractivity contribution in [1.82, 2.24) is 10.2 Å². The van der Waals surface area contributed by atoms with Crippen LogP contribution in [0.5, 0.6) is 0 Å². The van der Waals surface area contributed by atoms with Gasteiger partial charge >= 0.3 is 0 Å². The predicted molar refractivity (Wildman–Crippen MR) is 74.3 cm³/mol. The molecule has 0 radical (unpaired) electrons. The third-order valence-corrected chi connectivity index (χ3v) is 4.53. The molecule has 0 aromatic rings. The lowest BCUT2D eigenvalue weighted by Crippen LogP contribution is -2.34. The second-order valence-corrected chi connectivity index (χ2v) is 6.03. The van der Waals surface area contributed by atoms with Gasteiger partial charge in [-0.15, -0.1) is 0 Å². The highest BCUT2D eigenvalue weighted by molar-refractivity contribution is 4.77. The molecule has 2 rings (SSSR count). The van der Waals surface area contributed by atoms with Gasteiger partial charge in [-0.3, -0.25) is 0 Å². The van der Waals surface area contributed by atoms with Gasteiger partial charge in [-0.25, -0.2) is 0 Å². The zero-order valence-corrected chi connectivity index (χ0v) is 11.6. The van der Waals surface area contributed by atoms with Gasteiger partial charge in [-0.1, -0.05) is 19.8 Å². The van der Waals surface area contributed by atoms with Crippen molar-refractivity contribution < 1.29 is 0 Å². The Hall–Kier alpha value is -0.0800. The molecule has 1 saturated carbocycles. The van der Waals surface area contributed by atoms with Crippen molar-refractivity contribution in [2.24, 2.45) is 5.92 Å². The Morgan fingerprint density at radius 2 is 1.82 bits per heavy atom. The molecule has 1 saturated heterocycles. The van der Waals surface area contributed by atoms with Crippen molar-refractivity contribution in [1.29, 1.82) is 0 Å². The molecule has 1 heterocycles. The number of nitrogens with one attached hydrogen (secondary N) is 1. The van der Waals surface area contributed by atoms with Gasteiger partial charge in [0.15, 0.2) is 0 Å². The van der Waals surface area contributed by atoms with Gasteiger partial charge in [0.2, 0.25) is 0 Å². The van der Waals surface area contributed by atoms with E-state index in [1.165, 1.54) is 77.5 Å². The van der Waals surface area contributed by atoms with Crippen LogP contribution in [0.1, 0.15) is 58.3 Å². The van der Waals surface area contributed by atoms with E-state index >= 15 is 0 Å². The molecular formula is C15H30N2. The van der Waals surface area contributed by atoms with E-state index in [1.807, 2.05) is 0 Å². The lowest BCUT2D eigenvalue weighted by molar-refractivity contribution is 0.282. The monoisotopic (exact) mass is 238 g/mol. The van der Waals surface area contributed by atoms with E-state index in [0.29, 0.717) is 0 Å². The number of hydrogen-bond acceptors (Lipinski definition) is 2. The zero-order valence-electron chi connectivity index (χ0n) is 11.6. The van der Waals surface area contributed by atoms with Crippen LogP contribution in [0.15, 0.2) is 0 Å². The molecular weight excluding hydrogens is 208 g/mol. The summed E-state index contributed by atoms with van der Waals surface area (Å²) in [7, 11) is 0. The Labute approximate surface area is 107 Å². The summed E-state index contributed by atoms with van der Waals surface area (Å²) >= 11 is 0. The second kappa shape index (κ2) is 7.38. The molecule has 2 fully saturated rings. The Morgan fingerprint density at radius 3 is 2.59 bits per heavy atom. The molecule has 2 nitrogen and oxygen atoms in total. The first-order chi connectivity index (χ1) is 8.38. The van der Waals surface area contributed by atoms with Crippen LogP contribution in [0, 0.1) is 5.92 Å². The molecule has 0 aromatic carbocycles. The first-order valence-electron chi connectivity index (χ1n) is 7.84. The Morgan fingerprint density at radius 1 is 1.00 bits per heavy atom. The van der Waals surface area contributed by atoms with Crippen LogP contribution < -0.4 is 5.32 Å². The van der Waals surface area contributed by atoms with Crippen LogP contribution in [-0.4, -0.2) is 37.1 Å². The van der Waals surface area contributed by atoms with E-state index in [9.17, 15) is 0 Å². The SMILES string of the molecule is CCCN1CCCC(NCC2CCCC2)CC1. The van der Waals surface area contributed by atoms with Crippen molar-refractivity contribution in [3.05, 3.63) is 0 Å². The first kappa shape index (κ1) is 13.4. The van der Waals surface area contributed by atoms with Gasteiger partial charge in [0.05, 0.1) is 0 Å². The molecule has 1 aliphatic heterocycles. The molecule has 2 aliphatic rings. The molecule has 1 aliphatic carbocycles. The van der Waals surface area contributed by atoms with Crippen molar-refractivity contribution in [2.45, 2.75) is 64.3 Å². The first-order valence-corrected chi connectivity index (χ1v) is 7.84. The fourth-order valence-electron chi connectivity index (χ4n) is 3.45. The second-order valence-electron chi connectivity index (χ2n) is 6.03. The summed E-state index contributed by atoms with van der Waals surface area (Å²) in [6, 6.07) is 0.803. The van der Waals surface area contributed by atoms with Crippen molar-refractivity contribution in [3.8, 4) is 0 Å². The highest BCUT2D eigenvalue weighted by Crippen LogP contribution is 2.24. The Kier molecular flexibility index (Phi) is 5.79. The molecule has 1 unspecified atom stereocenters. The quantitative estimate of drug-likeness (QED) is 0.792. The summed E-state index contributed by atoms with van der Waals surface area (Å²) in [6.07, 6.45) is 11.4. The van der Waals surface area contributed by atoms with Crippen LogP contribution >= 0.6 is 0 Å². The van der Waals surface area contributed by atoms with E-state index < -0.39 is 0 Å². The average molecular weight is 238 g/mol. The zero-order chi connectivity index (χ0) is 11.9. The summed E-state index contributed by atoms with van der Waals surface area (Å²) in [5.41, 5.74) is 0. The van der Waals surface area contributed by atoms with Crippen LogP contribution in [0.4, 0.5) is 0 Å². The molecule has 100 valence electrons. The van der Waals surface area contributed by atoms with Crippen LogP contribution in [-0.2, 0) is 0 Å². The van der Waals surface area contributed by atoms with E-state index in [4.69, 9.17) is 0 Å². The molecule has 0 aromatic heterocycles. The maximum Gasteiger partial charge on any atom is 0.00798 e. The minimum absolute atomic E-state index is 0.803. The average Bonchev–Trinajstić information content (AvgIpc) is 2.75. The third-order valence-electron chi connectivity index (χ3n) is 4.53. The van der Waals surface area contributed by atoms with Gasteiger partial charge < -0.3 is 10.2 Å². The van der Waals surface area contributed by atoms with E-state index in [2.05, 4.69) is 17.1 Å². The fraction of sp³-hybridized carbons (Fsp3) is 1.00. The molecule has 17 heavy (non-hydrogen) atoms. The minimum Gasteiger partial charge on any atom is -0.314 e. The van der Waals surface area contributed by atoms with Crippen LogP contribution in [0.3, 0.4) is 0 Å². The van der Waals surface area contributed by atoms with Gasteiger partial charge in [0.25, 0.3) is 0 Å². The number of rotatable bonds is 5. The highest BCUT2D eigenvalue weighted by atomic mass is 15.1. The number of nitrogens with zero attached hydrogens (tertiary/aromatic N) is 1. The number of likely N-dealkylation sites (tertiary alicyclic amines) is 1. The topological polar surface area (TPSA) is 15.3 Å². The molecule has 0 bridgehead atoms. The standard InChI is InChI=1S/C15H30N2/c1-2-10-17-11-5-8-15(9-12-17)16-13-14-6-3-4-7-14/h14-16H,2-13H2,1H3. The smallest absolute Gasteiger partial charge is 0.00798 e. The summed E-state index contributed by atoms with van der Waals surface area (Å²) in [5.74, 6) is 0.991. The molecule has 0 amide bonds. The third kappa shape index (κ3) is 4.59. The maximum absolute atomic E-state index is 3.84. The largest absolute Gasteiger partial charge is 0.314 e. The molecule has 2 heteroatoms. The van der Waals surface area contributed by atoms with Gasteiger partial charge in [-0.05, 0) is 70.6 Å².